The summed E-state index contributed by atoms with van der Waals surface area (Å²) in [7, 11) is 1.40. The second-order valence-electron chi connectivity index (χ2n) is 1.77. The van der Waals surface area contributed by atoms with Crippen molar-refractivity contribution in [3.05, 3.63) is 23.9 Å². The van der Waals surface area contributed by atoms with Crippen LogP contribution >= 0.6 is 0 Å². The fourth-order valence-electron chi connectivity index (χ4n) is 0.664. The van der Waals surface area contributed by atoms with Gasteiger partial charge >= 0.3 is 0 Å². The van der Waals surface area contributed by atoms with Gasteiger partial charge in [-0.05, 0) is 6.08 Å². The van der Waals surface area contributed by atoms with Gasteiger partial charge in [0, 0.05) is 19.2 Å². The fourth-order valence-corrected chi connectivity index (χ4v) is 0.664. The van der Waals surface area contributed by atoms with E-state index in [-0.39, 0.29) is 0 Å². The Morgan fingerprint density at radius 1 is 1.75 bits per heavy atom. The molecule has 0 aromatic heterocycles. The van der Waals surface area contributed by atoms with Crippen molar-refractivity contribution in [3.63, 3.8) is 0 Å². The molecule has 0 heterocycles. The molecule has 1 nitrogen and oxygen atoms in total. The molecule has 0 N–H and O–H groups in total. The average Bonchev–Trinajstić information content (AvgIpc) is 2.12. The lowest BCUT2D eigenvalue weighted by atomic mass is 10.4. The molecule has 0 aromatic carbocycles. The standard InChI is InChI=1S/C6H8FN/c1-8(7)6-4-2-3-5-6/h2-4H,5H2,1H3. The van der Waals surface area contributed by atoms with Gasteiger partial charge in [0.05, 0.1) is 0 Å². The molecule has 1 rings (SSSR count). The fraction of sp³-hybridized carbons (Fsp3) is 0.333. The van der Waals surface area contributed by atoms with E-state index in [2.05, 4.69) is 0 Å². The summed E-state index contributed by atoms with van der Waals surface area (Å²) >= 11 is 0. The summed E-state index contributed by atoms with van der Waals surface area (Å²) in [6, 6.07) is 0. The van der Waals surface area contributed by atoms with Crippen LogP contribution in [0.3, 0.4) is 0 Å². The van der Waals surface area contributed by atoms with Crippen LogP contribution in [0.4, 0.5) is 4.48 Å². The SMILES string of the molecule is CN(F)C1=CC=CC1. The molecule has 0 unspecified atom stereocenters. The first kappa shape index (κ1) is 5.35. The van der Waals surface area contributed by atoms with Crippen molar-refractivity contribution in [2.24, 2.45) is 0 Å². The van der Waals surface area contributed by atoms with Crippen molar-refractivity contribution in [2.75, 3.05) is 7.05 Å². The van der Waals surface area contributed by atoms with Crippen molar-refractivity contribution in [1.29, 1.82) is 0 Å². The van der Waals surface area contributed by atoms with Gasteiger partial charge < -0.3 is 0 Å². The van der Waals surface area contributed by atoms with Gasteiger partial charge in [0.25, 0.3) is 0 Å². The summed E-state index contributed by atoms with van der Waals surface area (Å²) in [6.45, 7) is 0. The van der Waals surface area contributed by atoms with Crippen molar-refractivity contribution >= 4 is 0 Å². The molecule has 0 saturated heterocycles. The zero-order valence-corrected chi connectivity index (χ0v) is 4.76. The number of hydrogen-bond donors (Lipinski definition) is 0. The Bertz CT molecular complexity index is 135. The Morgan fingerprint density at radius 3 is 2.75 bits per heavy atom. The van der Waals surface area contributed by atoms with Gasteiger partial charge in [0.2, 0.25) is 0 Å². The van der Waals surface area contributed by atoms with Crippen LogP contribution < -0.4 is 0 Å². The summed E-state index contributed by atoms with van der Waals surface area (Å²) in [6.07, 6.45) is 6.27. The summed E-state index contributed by atoms with van der Waals surface area (Å²) in [5, 5.41) is 0.639. The molecule has 44 valence electrons. The van der Waals surface area contributed by atoms with E-state index in [1.807, 2.05) is 12.2 Å². The molecule has 0 fully saturated rings. The number of rotatable bonds is 1. The third kappa shape index (κ3) is 0.886. The minimum absolute atomic E-state index is 0.639. The second kappa shape index (κ2) is 1.99. The predicted molar refractivity (Wildman–Crippen MR) is 30.7 cm³/mol. The molecule has 1 aliphatic carbocycles. The van der Waals surface area contributed by atoms with E-state index in [1.165, 1.54) is 7.05 Å². The highest BCUT2D eigenvalue weighted by Crippen LogP contribution is 2.13. The molecule has 8 heavy (non-hydrogen) atoms. The van der Waals surface area contributed by atoms with E-state index in [1.54, 1.807) is 6.08 Å². The molecular weight excluding hydrogens is 105 g/mol. The van der Waals surface area contributed by atoms with E-state index < -0.39 is 0 Å². The highest BCUT2D eigenvalue weighted by atomic mass is 19.2. The van der Waals surface area contributed by atoms with Crippen molar-refractivity contribution in [1.82, 2.24) is 5.12 Å². The summed E-state index contributed by atoms with van der Waals surface area (Å²) < 4.78 is 12.1. The van der Waals surface area contributed by atoms with Gasteiger partial charge in [-0.15, -0.1) is 4.48 Å². The zero-order chi connectivity index (χ0) is 5.98. The molecule has 0 radical (unpaired) electrons. The maximum Gasteiger partial charge on any atom is 0.0495 e. The van der Waals surface area contributed by atoms with E-state index in [9.17, 15) is 4.48 Å². The molecule has 0 bridgehead atoms. The molecule has 0 aromatic rings. The van der Waals surface area contributed by atoms with Crippen LogP contribution in [0.5, 0.6) is 0 Å². The smallest absolute Gasteiger partial charge is 0.0495 e. The maximum absolute atomic E-state index is 12.1. The van der Waals surface area contributed by atoms with Crippen LogP contribution in [-0.4, -0.2) is 12.2 Å². The van der Waals surface area contributed by atoms with Crippen LogP contribution in [-0.2, 0) is 0 Å². The van der Waals surface area contributed by atoms with Crippen LogP contribution in [0.25, 0.3) is 0 Å². The molecule has 0 amide bonds. The molecule has 0 atom stereocenters. The number of allylic oxidation sites excluding steroid dienone is 3. The lowest BCUT2D eigenvalue weighted by Crippen LogP contribution is -2.02. The lowest BCUT2D eigenvalue weighted by molar-refractivity contribution is 0.106. The Balaban J connectivity index is 2.51. The highest BCUT2D eigenvalue weighted by molar-refractivity contribution is 5.20. The van der Waals surface area contributed by atoms with Crippen LogP contribution in [0, 0.1) is 0 Å². The van der Waals surface area contributed by atoms with Crippen LogP contribution in [0.1, 0.15) is 6.42 Å². The highest BCUT2D eigenvalue weighted by Gasteiger charge is 2.01. The zero-order valence-electron chi connectivity index (χ0n) is 4.76. The van der Waals surface area contributed by atoms with Crippen molar-refractivity contribution < 1.29 is 4.48 Å². The largest absolute Gasteiger partial charge is 0.219 e. The van der Waals surface area contributed by atoms with Crippen molar-refractivity contribution in [3.8, 4) is 0 Å². The van der Waals surface area contributed by atoms with E-state index in [0.29, 0.717) is 5.12 Å². The summed E-state index contributed by atoms with van der Waals surface area (Å²) in [5.41, 5.74) is 0.727. The monoisotopic (exact) mass is 113 g/mol. The second-order valence-corrected chi connectivity index (χ2v) is 1.77. The topological polar surface area (TPSA) is 3.24 Å². The Hall–Kier alpha value is -0.790. The number of hydrogen-bond acceptors (Lipinski definition) is 1. The van der Waals surface area contributed by atoms with Crippen molar-refractivity contribution in [2.45, 2.75) is 6.42 Å². The normalized spacial score (nSPS) is 16.5. The summed E-state index contributed by atoms with van der Waals surface area (Å²) in [5.74, 6) is 0. The van der Waals surface area contributed by atoms with Gasteiger partial charge in [0.1, 0.15) is 0 Å². The minimum Gasteiger partial charge on any atom is -0.219 e. The third-order valence-corrected chi connectivity index (χ3v) is 1.15. The van der Waals surface area contributed by atoms with Gasteiger partial charge in [0.15, 0.2) is 0 Å². The first-order valence-corrected chi connectivity index (χ1v) is 2.56. The molecule has 0 saturated carbocycles. The van der Waals surface area contributed by atoms with E-state index in [0.717, 1.165) is 12.1 Å². The van der Waals surface area contributed by atoms with Crippen LogP contribution in [0.2, 0.25) is 0 Å². The molecular formula is C6H8FN. The Morgan fingerprint density at radius 2 is 2.50 bits per heavy atom. The van der Waals surface area contributed by atoms with E-state index in [4.69, 9.17) is 0 Å². The van der Waals surface area contributed by atoms with Gasteiger partial charge in [-0.25, -0.2) is 5.12 Å². The third-order valence-electron chi connectivity index (χ3n) is 1.15. The maximum atomic E-state index is 12.1. The Labute approximate surface area is 48.0 Å². The average molecular weight is 113 g/mol. The first-order chi connectivity index (χ1) is 3.80. The summed E-state index contributed by atoms with van der Waals surface area (Å²) in [4.78, 5) is 0. The Kier molecular flexibility index (Phi) is 1.33. The number of nitrogens with zero attached hydrogens (tertiary/aromatic N) is 1. The van der Waals surface area contributed by atoms with Crippen LogP contribution in [0.15, 0.2) is 23.9 Å². The minimum atomic E-state index is 0.639. The predicted octanol–water partition coefficient (Wildman–Crippen LogP) is 1.65. The first-order valence-electron chi connectivity index (χ1n) is 2.56. The van der Waals surface area contributed by atoms with Gasteiger partial charge in [-0.2, -0.15) is 0 Å². The molecule has 1 aliphatic rings. The quantitative estimate of drug-likeness (QED) is 0.467. The van der Waals surface area contributed by atoms with Gasteiger partial charge in [-0.1, -0.05) is 12.2 Å². The number of halogens is 1. The molecule has 2 heteroatoms. The van der Waals surface area contributed by atoms with Gasteiger partial charge in [-0.3, -0.25) is 0 Å². The molecule has 0 aliphatic heterocycles. The lowest BCUT2D eigenvalue weighted by Gasteiger charge is -2.05. The molecule has 0 spiro atoms. The van der Waals surface area contributed by atoms with E-state index >= 15 is 0 Å².